The maximum atomic E-state index is 13.4. The van der Waals surface area contributed by atoms with Crippen molar-refractivity contribution in [1.82, 2.24) is 14.5 Å². The van der Waals surface area contributed by atoms with Crippen LogP contribution in [0.4, 0.5) is 5.69 Å². The van der Waals surface area contributed by atoms with Gasteiger partial charge in [0.05, 0.1) is 10.3 Å². The molecule has 3 rings (SSSR count). The first-order valence-electron chi connectivity index (χ1n) is 10.5. The summed E-state index contributed by atoms with van der Waals surface area (Å²) in [7, 11) is 0. The molecule has 160 valence electrons. The summed E-state index contributed by atoms with van der Waals surface area (Å²) >= 11 is 1.29. The summed E-state index contributed by atoms with van der Waals surface area (Å²) in [5.74, 6) is 0.681. The van der Waals surface area contributed by atoms with Gasteiger partial charge in [-0.2, -0.15) is 0 Å². The lowest BCUT2D eigenvalue weighted by Gasteiger charge is -2.21. The van der Waals surface area contributed by atoms with Crippen LogP contribution in [0, 0.1) is 6.92 Å². The van der Waals surface area contributed by atoms with Crippen molar-refractivity contribution in [3.8, 4) is 0 Å². The van der Waals surface area contributed by atoms with Crippen molar-refractivity contribution in [2.75, 3.05) is 25.0 Å². The molecule has 0 saturated carbocycles. The number of aryl methyl sites for hydroxylation is 1. The van der Waals surface area contributed by atoms with Gasteiger partial charge in [0.25, 0.3) is 11.5 Å². The van der Waals surface area contributed by atoms with Crippen LogP contribution in [0.25, 0.3) is 10.2 Å². The molecule has 0 atom stereocenters. The van der Waals surface area contributed by atoms with Gasteiger partial charge in [0, 0.05) is 24.7 Å². The number of amides is 1. The molecular formula is C23H30N4O2S. The molecule has 3 aromatic rings. The Labute approximate surface area is 181 Å². The van der Waals surface area contributed by atoms with Crippen LogP contribution in [0.3, 0.4) is 0 Å². The van der Waals surface area contributed by atoms with Gasteiger partial charge in [-0.05, 0) is 37.7 Å². The molecular weight excluding hydrogens is 396 g/mol. The molecule has 0 bridgehead atoms. The van der Waals surface area contributed by atoms with E-state index in [-0.39, 0.29) is 17.4 Å². The Morgan fingerprint density at radius 3 is 2.47 bits per heavy atom. The molecule has 1 aromatic carbocycles. The number of hydrogen-bond acceptors (Lipinski definition) is 5. The molecule has 1 amide bonds. The first-order chi connectivity index (χ1) is 14.4. The highest BCUT2D eigenvalue weighted by atomic mass is 32.1. The number of aromatic nitrogens is 2. The second-order valence-electron chi connectivity index (χ2n) is 7.66. The van der Waals surface area contributed by atoms with Crippen LogP contribution >= 0.6 is 11.3 Å². The molecule has 0 spiro atoms. The van der Waals surface area contributed by atoms with E-state index >= 15 is 0 Å². The molecule has 0 aliphatic heterocycles. The van der Waals surface area contributed by atoms with Crippen molar-refractivity contribution in [2.24, 2.45) is 0 Å². The third-order valence-electron chi connectivity index (χ3n) is 5.37. The number of para-hydroxylation sites is 1. The van der Waals surface area contributed by atoms with Gasteiger partial charge in [0.1, 0.15) is 10.7 Å². The van der Waals surface area contributed by atoms with Crippen molar-refractivity contribution in [2.45, 2.75) is 47.1 Å². The highest BCUT2D eigenvalue weighted by Gasteiger charge is 2.22. The van der Waals surface area contributed by atoms with Crippen molar-refractivity contribution >= 4 is 33.1 Å². The smallest absolute Gasteiger partial charge is 0.266 e. The van der Waals surface area contributed by atoms with Gasteiger partial charge in [-0.25, -0.2) is 4.98 Å². The maximum absolute atomic E-state index is 13.4. The Morgan fingerprint density at radius 2 is 1.87 bits per heavy atom. The molecule has 2 aromatic heterocycles. The first kappa shape index (κ1) is 22.2. The second-order valence-corrected chi connectivity index (χ2v) is 8.66. The number of carbonyl (C=O) groups is 1. The van der Waals surface area contributed by atoms with Gasteiger partial charge >= 0.3 is 0 Å². The summed E-state index contributed by atoms with van der Waals surface area (Å²) < 4.78 is 1.80. The number of nitrogens with one attached hydrogen (secondary N) is 1. The van der Waals surface area contributed by atoms with E-state index in [4.69, 9.17) is 4.98 Å². The van der Waals surface area contributed by atoms with Crippen LogP contribution in [-0.4, -0.2) is 40.0 Å². The standard InChI is InChI=1S/C23H30N4O2S/c1-6-26(7-2)13-14-27-20(15(3)4)25-22-18(23(27)29)16(5)19(30-22)21(28)24-17-11-9-8-10-12-17/h8-12,15H,6-7,13-14H2,1-5H3,(H,24,28). The van der Waals surface area contributed by atoms with Gasteiger partial charge in [-0.15, -0.1) is 11.3 Å². The fraction of sp³-hybridized carbons (Fsp3) is 0.435. The number of carbonyl (C=O) groups excluding carboxylic acids is 1. The van der Waals surface area contributed by atoms with E-state index in [0.29, 0.717) is 27.2 Å². The number of thiophene rings is 1. The van der Waals surface area contributed by atoms with Crippen molar-refractivity contribution in [1.29, 1.82) is 0 Å². The van der Waals surface area contributed by atoms with Gasteiger partial charge in [-0.1, -0.05) is 45.9 Å². The average Bonchev–Trinajstić information content (AvgIpc) is 3.07. The number of fused-ring (bicyclic) bond motifs is 1. The zero-order valence-corrected chi connectivity index (χ0v) is 19.2. The fourth-order valence-electron chi connectivity index (χ4n) is 3.60. The third-order valence-corrected chi connectivity index (χ3v) is 6.55. The predicted octanol–water partition coefficient (Wildman–Crippen LogP) is 4.48. The zero-order chi connectivity index (χ0) is 21.8. The van der Waals surface area contributed by atoms with Crippen molar-refractivity contribution in [3.63, 3.8) is 0 Å². The van der Waals surface area contributed by atoms with Crippen LogP contribution < -0.4 is 10.9 Å². The maximum Gasteiger partial charge on any atom is 0.266 e. The van der Waals surface area contributed by atoms with E-state index in [1.165, 1.54) is 11.3 Å². The number of rotatable bonds is 8. The highest BCUT2D eigenvalue weighted by Crippen LogP contribution is 2.29. The number of anilines is 1. The average molecular weight is 427 g/mol. The topological polar surface area (TPSA) is 67.2 Å². The molecule has 6 nitrogen and oxygen atoms in total. The molecule has 30 heavy (non-hydrogen) atoms. The Kier molecular flexibility index (Phi) is 7.05. The summed E-state index contributed by atoms with van der Waals surface area (Å²) in [5, 5.41) is 3.47. The van der Waals surface area contributed by atoms with Crippen LogP contribution in [0.1, 0.15) is 54.7 Å². The first-order valence-corrected chi connectivity index (χ1v) is 11.3. The van der Waals surface area contributed by atoms with Crippen LogP contribution in [-0.2, 0) is 6.54 Å². The van der Waals surface area contributed by atoms with E-state index in [9.17, 15) is 9.59 Å². The van der Waals surface area contributed by atoms with E-state index in [0.717, 1.165) is 31.1 Å². The van der Waals surface area contributed by atoms with E-state index in [1.54, 1.807) is 4.57 Å². The molecule has 0 radical (unpaired) electrons. The minimum atomic E-state index is -0.207. The molecule has 7 heteroatoms. The predicted molar refractivity (Wildman–Crippen MR) is 125 cm³/mol. The van der Waals surface area contributed by atoms with Gasteiger partial charge < -0.3 is 10.2 Å². The summed E-state index contributed by atoms with van der Waals surface area (Å²) in [6.07, 6.45) is 0. The molecule has 0 aliphatic carbocycles. The SMILES string of the molecule is CCN(CC)CCn1c(C(C)C)nc2sc(C(=O)Nc3ccccc3)c(C)c2c1=O. The minimum absolute atomic E-state index is 0.0524. The Bertz CT molecular complexity index is 1080. The van der Waals surface area contributed by atoms with Crippen molar-refractivity contribution < 1.29 is 4.79 Å². The van der Waals surface area contributed by atoms with E-state index in [2.05, 4.69) is 24.1 Å². The summed E-state index contributed by atoms with van der Waals surface area (Å²) in [6.45, 7) is 13.5. The summed E-state index contributed by atoms with van der Waals surface area (Å²) in [6, 6.07) is 9.33. The van der Waals surface area contributed by atoms with E-state index in [1.807, 2.05) is 51.1 Å². The lowest BCUT2D eigenvalue weighted by molar-refractivity contribution is 0.103. The number of likely N-dealkylation sites (N-methyl/N-ethyl adjacent to an activating group) is 1. The number of benzene rings is 1. The van der Waals surface area contributed by atoms with Crippen LogP contribution in [0.2, 0.25) is 0 Å². The van der Waals surface area contributed by atoms with Gasteiger partial charge in [0.2, 0.25) is 0 Å². The normalized spacial score (nSPS) is 11.6. The quantitative estimate of drug-likeness (QED) is 0.577. The summed E-state index contributed by atoms with van der Waals surface area (Å²) in [5.41, 5.74) is 1.38. The molecule has 2 heterocycles. The zero-order valence-electron chi connectivity index (χ0n) is 18.4. The Morgan fingerprint density at radius 1 is 1.20 bits per heavy atom. The number of nitrogens with zero attached hydrogens (tertiary/aromatic N) is 3. The molecule has 0 aliphatic rings. The van der Waals surface area contributed by atoms with Gasteiger partial charge in [0.15, 0.2) is 0 Å². The van der Waals surface area contributed by atoms with Crippen LogP contribution in [0.5, 0.6) is 0 Å². The highest BCUT2D eigenvalue weighted by molar-refractivity contribution is 7.20. The number of hydrogen-bond donors (Lipinski definition) is 1. The molecule has 0 fully saturated rings. The summed E-state index contributed by atoms with van der Waals surface area (Å²) in [4.78, 5) is 34.6. The Hall–Kier alpha value is -2.51. The largest absolute Gasteiger partial charge is 0.321 e. The third kappa shape index (κ3) is 4.47. The minimum Gasteiger partial charge on any atom is -0.321 e. The molecule has 0 saturated heterocycles. The van der Waals surface area contributed by atoms with E-state index < -0.39 is 0 Å². The lowest BCUT2D eigenvalue weighted by atomic mass is 10.1. The second kappa shape index (κ2) is 9.53. The van der Waals surface area contributed by atoms with Crippen molar-refractivity contribution in [3.05, 3.63) is 57.0 Å². The fourth-order valence-corrected chi connectivity index (χ4v) is 4.67. The monoisotopic (exact) mass is 426 g/mol. The lowest BCUT2D eigenvalue weighted by Crippen LogP contribution is -2.33. The molecule has 0 unspecified atom stereocenters. The molecule has 1 N–H and O–H groups in total. The Balaban J connectivity index is 2.04. The van der Waals surface area contributed by atoms with Gasteiger partial charge in [-0.3, -0.25) is 14.2 Å². The van der Waals surface area contributed by atoms with Crippen LogP contribution in [0.15, 0.2) is 35.1 Å².